The highest BCUT2D eigenvalue weighted by Crippen LogP contribution is 2.53. The van der Waals surface area contributed by atoms with Gasteiger partial charge in [0.15, 0.2) is 0 Å². The van der Waals surface area contributed by atoms with Crippen LogP contribution >= 0.6 is 0 Å². The molecule has 4 atom stereocenters. The highest BCUT2D eigenvalue weighted by molar-refractivity contribution is 5.78. The Hall–Kier alpha value is -5.56. The SMILES string of the molecule is CC(C)(C)OC(=O)N[C@@H](CC1CC1)c1nc2ccc(C#Cc3ccc4c(c3)CCc3[nH]c([C@@H]5C[C@H]6C[C@H]6N5C(=O)OCc5ccccc5)nc3-4)cc2[nH]1. The van der Waals surface area contributed by atoms with Gasteiger partial charge in [-0.2, -0.15) is 0 Å². The number of carbonyl (C=O) groups is 2. The molecule has 0 unspecified atom stereocenters. The Balaban J connectivity index is 0.898. The van der Waals surface area contributed by atoms with Gasteiger partial charge in [0.2, 0.25) is 0 Å². The van der Waals surface area contributed by atoms with Crippen LogP contribution in [-0.4, -0.2) is 48.7 Å². The van der Waals surface area contributed by atoms with Crippen LogP contribution in [0.25, 0.3) is 22.3 Å². The van der Waals surface area contributed by atoms with Gasteiger partial charge in [-0.15, -0.1) is 0 Å². The van der Waals surface area contributed by atoms with Gasteiger partial charge in [-0.1, -0.05) is 61.1 Å². The molecule has 0 bridgehead atoms. The van der Waals surface area contributed by atoms with E-state index in [1.165, 1.54) is 18.4 Å². The number of amides is 2. The molecule has 9 rings (SSSR count). The van der Waals surface area contributed by atoms with E-state index < -0.39 is 11.7 Å². The van der Waals surface area contributed by atoms with E-state index in [2.05, 4.69) is 45.3 Å². The summed E-state index contributed by atoms with van der Waals surface area (Å²) in [6.45, 7) is 5.86. The van der Waals surface area contributed by atoms with Gasteiger partial charge in [0, 0.05) is 28.4 Å². The van der Waals surface area contributed by atoms with E-state index in [-0.39, 0.29) is 30.8 Å². The van der Waals surface area contributed by atoms with Gasteiger partial charge >= 0.3 is 12.2 Å². The molecule has 10 heteroatoms. The summed E-state index contributed by atoms with van der Waals surface area (Å²) in [7, 11) is 0. The molecular formula is C43H44N6O4. The fourth-order valence-corrected chi connectivity index (χ4v) is 7.91. The maximum atomic E-state index is 13.3. The van der Waals surface area contributed by atoms with Crippen molar-refractivity contribution in [1.29, 1.82) is 0 Å². The maximum Gasteiger partial charge on any atom is 0.410 e. The van der Waals surface area contributed by atoms with Gasteiger partial charge in [-0.05, 0) is 106 Å². The number of alkyl carbamates (subject to hydrolysis) is 1. The van der Waals surface area contributed by atoms with E-state index >= 15 is 0 Å². The van der Waals surface area contributed by atoms with Crippen LogP contribution in [0.1, 0.15) is 105 Å². The molecule has 0 radical (unpaired) electrons. The van der Waals surface area contributed by atoms with E-state index in [0.717, 1.165) is 88.4 Å². The first-order chi connectivity index (χ1) is 25.6. The number of imidazole rings is 2. The third-order valence-electron chi connectivity index (χ3n) is 10.8. The Morgan fingerprint density at radius 3 is 2.55 bits per heavy atom. The minimum Gasteiger partial charge on any atom is -0.445 e. The molecule has 5 aromatic rings. The van der Waals surface area contributed by atoms with Crippen molar-refractivity contribution in [3.8, 4) is 23.1 Å². The van der Waals surface area contributed by atoms with E-state index in [4.69, 9.17) is 19.4 Å². The number of carbonyl (C=O) groups excluding carboxylic acids is 2. The first-order valence-electron chi connectivity index (χ1n) is 18.9. The molecule has 10 nitrogen and oxygen atoms in total. The molecule has 1 aliphatic heterocycles. The number of nitrogens with one attached hydrogen (secondary N) is 3. The minimum atomic E-state index is -0.571. The topological polar surface area (TPSA) is 125 Å². The number of hydrogen-bond acceptors (Lipinski definition) is 6. The minimum absolute atomic E-state index is 0.102. The molecular weight excluding hydrogens is 665 g/mol. The summed E-state index contributed by atoms with van der Waals surface area (Å²) in [5.74, 6) is 9.41. The first-order valence-corrected chi connectivity index (χ1v) is 18.9. The van der Waals surface area contributed by atoms with Crippen molar-refractivity contribution in [3.05, 3.63) is 106 Å². The summed E-state index contributed by atoms with van der Waals surface area (Å²) >= 11 is 0. The van der Waals surface area contributed by atoms with Crippen LogP contribution in [-0.2, 0) is 28.9 Å². The monoisotopic (exact) mass is 708 g/mol. The van der Waals surface area contributed by atoms with Crippen LogP contribution in [0.5, 0.6) is 0 Å². The Kier molecular flexibility index (Phi) is 8.25. The molecule has 2 amide bonds. The lowest BCUT2D eigenvalue weighted by atomic mass is 9.91. The average molecular weight is 709 g/mol. The van der Waals surface area contributed by atoms with Crippen LogP contribution < -0.4 is 5.32 Å². The predicted molar refractivity (Wildman–Crippen MR) is 201 cm³/mol. The number of benzene rings is 3. The van der Waals surface area contributed by atoms with Crippen LogP contribution in [0.4, 0.5) is 9.59 Å². The number of aryl methyl sites for hydroxylation is 2. The van der Waals surface area contributed by atoms with E-state index in [0.29, 0.717) is 11.8 Å². The molecule has 1 saturated heterocycles. The lowest BCUT2D eigenvalue weighted by molar-refractivity contribution is 0.0497. The molecule has 3 heterocycles. The molecule has 53 heavy (non-hydrogen) atoms. The fourth-order valence-electron chi connectivity index (χ4n) is 7.91. The molecule has 4 aliphatic rings. The molecule has 3 N–H and O–H groups in total. The summed E-state index contributed by atoms with van der Waals surface area (Å²) in [6, 6.07) is 22.0. The highest BCUT2D eigenvalue weighted by Gasteiger charge is 2.56. The molecule has 2 aromatic heterocycles. The Morgan fingerprint density at radius 2 is 1.75 bits per heavy atom. The third kappa shape index (κ3) is 7.13. The molecule has 270 valence electrons. The maximum absolute atomic E-state index is 13.3. The lowest BCUT2D eigenvalue weighted by Crippen LogP contribution is -2.35. The fraction of sp³-hybridized carbons (Fsp3) is 0.395. The number of likely N-dealkylation sites (tertiary alicyclic amines) is 1. The second-order valence-corrected chi connectivity index (χ2v) is 16.1. The van der Waals surface area contributed by atoms with E-state index in [9.17, 15) is 9.59 Å². The average Bonchev–Trinajstić information content (AvgIpc) is 3.96. The van der Waals surface area contributed by atoms with Crippen LogP contribution in [0.15, 0.2) is 66.7 Å². The number of rotatable bonds is 7. The lowest BCUT2D eigenvalue weighted by Gasteiger charge is -2.25. The number of nitrogens with zero attached hydrogens (tertiary/aromatic N) is 3. The second kappa shape index (κ2) is 13.1. The van der Waals surface area contributed by atoms with Gasteiger partial charge < -0.3 is 24.8 Å². The van der Waals surface area contributed by atoms with Crippen molar-refractivity contribution >= 4 is 23.2 Å². The number of aromatic nitrogens is 4. The van der Waals surface area contributed by atoms with Crippen molar-refractivity contribution in [2.24, 2.45) is 11.8 Å². The summed E-state index contributed by atoms with van der Waals surface area (Å²) in [5, 5.41) is 3.04. The third-order valence-corrected chi connectivity index (χ3v) is 10.8. The Bertz CT molecular complexity index is 2270. The summed E-state index contributed by atoms with van der Waals surface area (Å²) in [5.41, 5.74) is 8.39. The summed E-state index contributed by atoms with van der Waals surface area (Å²) in [6.07, 6.45) is 6.17. The molecule has 3 aromatic carbocycles. The van der Waals surface area contributed by atoms with Gasteiger partial charge in [0.25, 0.3) is 0 Å². The van der Waals surface area contributed by atoms with Crippen molar-refractivity contribution in [3.63, 3.8) is 0 Å². The number of hydrogen-bond donors (Lipinski definition) is 3. The second-order valence-electron chi connectivity index (χ2n) is 16.1. The quantitative estimate of drug-likeness (QED) is 0.146. The van der Waals surface area contributed by atoms with Gasteiger partial charge in [-0.3, -0.25) is 4.90 Å². The normalized spacial score (nSPS) is 20.4. The summed E-state index contributed by atoms with van der Waals surface area (Å²) < 4.78 is 11.3. The van der Waals surface area contributed by atoms with Gasteiger partial charge in [0.05, 0.1) is 28.8 Å². The Morgan fingerprint density at radius 1 is 0.962 bits per heavy atom. The number of H-pyrrole nitrogens is 2. The largest absolute Gasteiger partial charge is 0.445 e. The summed E-state index contributed by atoms with van der Waals surface area (Å²) in [4.78, 5) is 44.9. The smallest absolute Gasteiger partial charge is 0.410 e. The van der Waals surface area contributed by atoms with Crippen molar-refractivity contribution in [2.75, 3.05) is 0 Å². The zero-order valence-corrected chi connectivity index (χ0v) is 30.4. The molecule has 3 aliphatic carbocycles. The predicted octanol–water partition coefficient (Wildman–Crippen LogP) is 8.29. The van der Waals surface area contributed by atoms with E-state index in [1.54, 1.807) is 0 Å². The number of piperidine rings is 1. The van der Waals surface area contributed by atoms with Crippen molar-refractivity contribution in [2.45, 2.75) is 96.1 Å². The number of ether oxygens (including phenoxy) is 2. The van der Waals surface area contributed by atoms with Crippen molar-refractivity contribution < 1.29 is 19.1 Å². The standard InChI is InChI=1S/C43H44N6O4/c1-43(2,3)53-41(50)47-35(21-26-11-12-26)39-44-32-17-14-27(20-34(32)46-39)10-9-25-13-16-31-29(19-25)15-18-33-38(31)48-40(45-33)37-23-30-22-36(30)49(37)42(51)52-24-28-7-5-4-6-8-28/h4-8,13-14,16-17,19-20,26,30,35-37H,11-12,15,18,21-24H2,1-3H3,(H,44,46)(H,45,48)(H,47,50)/t30-,35+,36-,37+/m1/s1. The molecule has 3 fully saturated rings. The van der Waals surface area contributed by atoms with Gasteiger partial charge in [-0.25, -0.2) is 19.6 Å². The zero-order valence-electron chi connectivity index (χ0n) is 30.4. The van der Waals surface area contributed by atoms with Crippen molar-refractivity contribution in [1.82, 2.24) is 30.2 Å². The van der Waals surface area contributed by atoms with Gasteiger partial charge in [0.1, 0.15) is 23.9 Å². The molecule has 2 saturated carbocycles. The zero-order chi connectivity index (χ0) is 36.3. The molecule has 0 spiro atoms. The number of aromatic amines is 2. The van der Waals surface area contributed by atoms with E-state index in [1.807, 2.05) is 74.2 Å². The van der Waals surface area contributed by atoms with Crippen LogP contribution in [0.2, 0.25) is 0 Å². The van der Waals surface area contributed by atoms with Crippen LogP contribution in [0.3, 0.4) is 0 Å². The number of fused-ring (bicyclic) bond motifs is 5. The Labute approximate surface area is 309 Å². The van der Waals surface area contributed by atoms with Crippen LogP contribution in [0, 0.1) is 23.7 Å². The highest BCUT2D eigenvalue weighted by atomic mass is 16.6. The first kappa shape index (κ1) is 33.3.